The number of carbonyl (C=O) groups excluding carboxylic acids is 2. The number of amides is 3. The molecule has 2 aliphatic heterocycles. The largest absolute Gasteiger partial charge is 0.508 e. The van der Waals surface area contributed by atoms with Crippen molar-refractivity contribution >= 4 is 62.4 Å². The number of carboxylic acids is 1. The molecular formula is C36H36ClF3N4O10S2+2. The Morgan fingerprint density at radius 1 is 1.02 bits per heavy atom. The molecule has 56 heavy (non-hydrogen) atoms. The van der Waals surface area contributed by atoms with Crippen molar-refractivity contribution in [3.8, 4) is 23.0 Å². The van der Waals surface area contributed by atoms with Crippen LogP contribution in [0.4, 0.5) is 23.7 Å². The number of quaternary nitrogens is 1. The molecule has 2 aliphatic rings. The number of likely N-dealkylation sites (tertiary alicyclic amines) is 1. The van der Waals surface area contributed by atoms with Crippen LogP contribution in [0.5, 0.6) is 23.0 Å². The number of piperidine rings is 1. The number of urea groups is 1. The van der Waals surface area contributed by atoms with Crippen LogP contribution in [0, 0.1) is 0 Å². The van der Waals surface area contributed by atoms with E-state index in [9.17, 15) is 36.3 Å². The van der Waals surface area contributed by atoms with Gasteiger partial charge in [0.2, 0.25) is 6.79 Å². The van der Waals surface area contributed by atoms with Crippen LogP contribution < -0.4 is 24.7 Å². The number of nitrogens with two attached hydrogens (primary N) is 1. The molecule has 4 aromatic rings. The predicted octanol–water partition coefficient (Wildman–Crippen LogP) is 5.76. The van der Waals surface area contributed by atoms with E-state index in [-0.39, 0.29) is 28.9 Å². The maximum absolute atomic E-state index is 14.2. The predicted molar refractivity (Wildman–Crippen MR) is 198 cm³/mol. The number of hydrogen-bond donors (Lipinski definition) is 4. The Kier molecular flexibility index (Phi) is 12.8. The molecule has 3 aromatic carbocycles. The first-order valence-corrected chi connectivity index (χ1v) is 19.3. The topological polar surface area (TPSA) is 195 Å². The molecule has 0 bridgehead atoms. The van der Waals surface area contributed by atoms with Gasteiger partial charge in [0.25, 0.3) is 5.91 Å². The number of benzene rings is 3. The first kappa shape index (κ1) is 41.8. The van der Waals surface area contributed by atoms with Crippen LogP contribution >= 0.6 is 22.9 Å². The Hall–Kier alpha value is -5.37. The van der Waals surface area contributed by atoms with Gasteiger partial charge in [-0.3, -0.25) is 4.79 Å². The number of carbonyl (C=O) groups is 3. The fourth-order valence-corrected chi connectivity index (χ4v) is 8.51. The Balaban J connectivity index is 0.000000784. The van der Waals surface area contributed by atoms with Crippen molar-refractivity contribution in [2.75, 3.05) is 32.2 Å². The molecule has 14 nitrogen and oxygen atoms in total. The summed E-state index contributed by atoms with van der Waals surface area (Å²) in [4.78, 5) is 36.2. The highest BCUT2D eigenvalue weighted by molar-refractivity contribution is 7.89. The van der Waals surface area contributed by atoms with Gasteiger partial charge in [0, 0.05) is 24.8 Å². The summed E-state index contributed by atoms with van der Waals surface area (Å²) in [5.41, 5.74) is 8.84. The number of carboxylic acid groups (broad SMARTS) is 1. The number of fused-ring (bicyclic) bond motifs is 1. The first-order chi connectivity index (χ1) is 26.3. The molecule has 1 unspecified atom stereocenters. The Labute approximate surface area is 327 Å². The van der Waals surface area contributed by atoms with E-state index in [0.717, 1.165) is 35.6 Å². The van der Waals surface area contributed by atoms with E-state index >= 15 is 0 Å². The molecule has 298 valence electrons. The van der Waals surface area contributed by atoms with Gasteiger partial charge in [0.05, 0.1) is 17.9 Å². The zero-order valence-corrected chi connectivity index (χ0v) is 31.9. The summed E-state index contributed by atoms with van der Waals surface area (Å²) < 4.78 is 75.6. The van der Waals surface area contributed by atoms with Crippen molar-refractivity contribution in [2.24, 2.45) is 5.73 Å². The number of aliphatic carboxylic acids is 1. The summed E-state index contributed by atoms with van der Waals surface area (Å²) in [5, 5.41) is 19.8. The molecule has 0 saturated carbocycles. The van der Waals surface area contributed by atoms with Gasteiger partial charge in [-0.05, 0) is 72.3 Å². The lowest BCUT2D eigenvalue weighted by atomic mass is 10.0. The van der Waals surface area contributed by atoms with Gasteiger partial charge in [-0.1, -0.05) is 23.7 Å². The van der Waals surface area contributed by atoms with E-state index in [0.29, 0.717) is 51.1 Å². The SMILES string of the molecule is C[N+]1(Cc2ccc3c(c2)OCO3)CCC/C(=[N+](\C(=O)Nc2ccc(OS(=O)(=O)c3ccc(Cl)s3)cc2)[C@@H](Cc2ccc(O)cc2)C(N)=O)C1.O=C(O)C(F)(F)F. The van der Waals surface area contributed by atoms with Gasteiger partial charge in [-0.2, -0.15) is 31.0 Å². The number of nitrogens with one attached hydrogen (secondary N) is 1. The highest BCUT2D eigenvalue weighted by Gasteiger charge is 2.40. The van der Waals surface area contributed by atoms with Gasteiger partial charge in [0.15, 0.2) is 21.8 Å². The van der Waals surface area contributed by atoms with Gasteiger partial charge < -0.3 is 34.1 Å². The molecule has 5 N–H and O–H groups in total. The summed E-state index contributed by atoms with van der Waals surface area (Å²) in [7, 11) is -1.99. The number of primary amides is 1. The van der Waals surface area contributed by atoms with Crippen molar-refractivity contribution < 1.29 is 68.9 Å². The lowest BCUT2D eigenvalue weighted by Crippen LogP contribution is -2.56. The minimum atomic E-state index is -5.08. The third-order valence-corrected chi connectivity index (χ3v) is 11.6. The molecule has 0 radical (unpaired) electrons. The van der Waals surface area contributed by atoms with Crippen molar-refractivity contribution in [1.29, 1.82) is 0 Å². The fraction of sp³-hybridized carbons (Fsp3) is 0.278. The highest BCUT2D eigenvalue weighted by atomic mass is 35.5. The van der Waals surface area contributed by atoms with Crippen LogP contribution in [-0.4, -0.2) is 90.5 Å². The van der Waals surface area contributed by atoms with E-state index in [1.807, 2.05) is 18.2 Å². The van der Waals surface area contributed by atoms with Crippen LogP contribution in [0.25, 0.3) is 0 Å². The molecule has 1 aromatic heterocycles. The molecule has 0 spiro atoms. The number of ether oxygens (including phenoxy) is 2. The molecule has 3 heterocycles. The third kappa shape index (κ3) is 10.9. The minimum absolute atomic E-state index is 0.0370. The number of phenols is 1. The number of anilines is 1. The molecule has 0 aliphatic carbocycles. The molecule has 2 atom stereocenters. The van der Waals surface area contributed by atoms with Crippen LogP contribution in [0.3, 0.4) is 0 Å². The average Bonchev–Trinajstić information content (AvgIpc) is 3.78. The van der Waals surface area contributed by atoms with Gasteiger partial charge >= 0.3 is 28.3 Å². The van der Waals surface area contributed by atoms with E-state index in [1.165, 1.54) is 53.1 Å². The Morgan fingerprint density at radius 2 is 1.66 bits per heavy atom. The Bertz CT molecular complexity index is 2230. The maximum Gasteiger partial charge on any atom is 0.496 e. The zero-order chi connectivity index (χ0) is 40.8. The summed E-state index contributed by atoms with van der Waals surface area (Å²) in [6.07, 6.45) is -3.63. The number of hydrogen-bond acceptors (Lipinski definition) is 10. The summed E-state index contributed by atoms with van der Waals surface area (Å²) >= 11 is 6.77. The second-order valence-corrected chi connectivity index (χ2v) is 16.5. The second kappa shape index (κ2) is 17.2. The smallest absolute Gasteiger partial charge is 0.496 e. The van der Waals surface area contributed by atoms with Crippen molar-refractivity contribution in [2.45, 2.75) is 42.2 Å². The standard InChI is InChI=1S/C34H33ClN4O8S2.C2HF3O2/c1-39(19-23-6-13-29-30(18-23)46-21-45-29)16-2-3-25(20-39)38(28(33(36)41)17-22-4-9-26(40)10-5-22)34(42)37-24-7-11-27(12-8-24)47-49(43,44)32-15-14-31(35)48-32;3-2(4,5)1(6)7/h4-15,18,28H,2-3,16-17,19-21H2,1H3,(H2-2,36,37,40,41,42);(H,6,7)/p+2/b38-25+;/t28-,39?;/m0./s1. The van der Waals surface area contributed by atoms with E-state index in [2.05, 4.69) is 12.4 Å². The van der Waals surface area contributed by atoms with Crippen LogP contribution in [-0.2, 0) is 32.7 Å². The van der Waals surface area contributed by atoms with E-state index < -0.39 is 40.2 Å². The van der Waals surface area contributed by atoms with Crippen LogP contribution in [0.1, 0.15) is 24.0 Å². The van der Waals surface area contributed by atoms with E-state index in [1.54, 1.807) is 12.1 Å². The van der Waals surface area contributed by atoms with Crippen LogP contribution in [0.15, 0.2) is 83.1 Å². The monoisotopic (exact) mass is 840 g/mol. The average molecular weight is 841 g/mol. The fourth-order valence-electron chi connectivity index (χ4n) is 6.13. The molecule has 1 saturated heterocycles. The number of nitrogens with zero attached hydrogens (tertiary/aromatic N) is 2. The zero-order valence-electron chi connectivity index (χ0n) is 29.5. The van der Waals surface area contributed by atoms with Crippen LogP contribution in [0.2, 0.25) is 4.34 Å². The molecule has 20 heteroatoms. The first-order valence-electron chi connectivity index (χ1n) is 16.7. The van der Waals surface area contributed by atoms with Gasteiger partial charge in [0.1, 0.15) is 36.0 Å². The number of phenolic OH excluding ortho intramolecular Hbond substituents is 1. The normalized spacial score (nSPS) is 17.9. The Morgan fingerprint density at radius 3 is 2.27 bits per heavy atom. The molecule has 1 fully saturated rings. The number of aromatic hydroxyl groups is 1. The van der Waals surface area contributed by atoms with Crippen molar-refractivity contribution in [3.63, 3.8) is 0 Å². The van der Waals surface area contributed by atoms with E-state index in [4.69, 9.17) is 40.9 Å². The van der Waals surface area contributed by atoms with Gasteiger partial charge in [-0.25, -0.2) is 10.1 Å². The highest BCUT2D eigenvalue weighted by Crippen LogP contribution is 2.34. The lowest BCUT2D eigenvalue weighted by molar-refractivity contribution is -0.918. The number of alkyl halides is 3. The number of thiophene rings is 1. The molecule has 3 amide bonds. The summed E-state index contributed by atoms with van der Waals surface area (Å²) in [6, 6.07) is 19.3. The third-order valence-electron chi connectivity index (χ3n) is 8.64. The summed E-state index contributed by atoms with van der Waals surface area (Å²) in [6.45, 7) is 2.14. The lowest BCUT2D eigenvalue weighted by Gasteiger charge is -2.38. The van der Waals surface area contributed by atoms with Crippen molar-refractivity contribution in [3.05, 3.63) is 94.3 Å². The number of rotatable bonds is 10. The van der Waals surface area contributed by atoms with Gasteiger partial charge in [-0.15, -0.1) is 11.3 Å². The van der Waals surface area contributed by atoms with Crippen molar-refractivity contribution in [1.82, 2.24) is 0 Å². The quantitative estimate of drug-likeness (QED) is 0.0867. The summed E-state index contributed by atoms with van der Waals surface area (Å²) in [5.74, 6) is -1.93. The number of halogens is 4. The maximum atomic E-state index is 14.2. The molecular weight excluding hydrogens is 805 g/mol. The second-order valence-electron chi connectivity index (χ2n) is 13.0. The minimum Gasteiger partial charge on any atom is -0.508 e. The molecule has 6 rings (SSSR count).